The molecule has 2 N–H and O–H groups in total. The van der Waals surface area contributed by atoms with Crippen molar-refractivity contribution in [1.82, 2.24) is 4.98 Å². The van der Waals surface area contributed by atoms with Gasteiger partial charge in [-0.05, 0) is 31.2 Å². The minimum absolute atomic E-state index is 0.535. The molecule has 0 saturated heterocycles. The van der Waals surface area contributed by atoms with Gasteiger partial charge in [0.15, 0.2) is 0 Å². The molecule has 3 nitrogen and oxygen atoms in total. The summed E-state index contributed by atoms with van der Waals surface area (Å²) in [6.45, 7) is 1.91. The van der Waals surface area contributed by atoms with E-state index in [9.17, 15) is 0 Å². The van der Waals surface area contributed by atoms with Crippen molar-refractivity contribution in [3.63, 3.8) is 0 Å². The van der Waals surface area contributed by atoms with Gasteiger partial charge in [0.05, 0.1) is 12.0 Å². The third-order valence-corrected chi connectivity index (χ3v) is 1.89. The number of nitrogens with zero attached hydrogens (tertiary/aromatic N) is 1. The lowest BCUT2D eigenvalue weighted by atomic mass is 10.1. The second-order valence-corrected chi connectivity index (χ2v) is 2.85. The van der Waals surface area contributed by atoms with E-state index < -0.39 is 0 Å². The molecule has 0 bridgehead atoms. The number of hydrogen-bond acceptors (Lipinski definition) is 3. The summed E-state index contributed by atoms with van der Waals surface area (Å²) < 4.78 is 5.26. The van der Waals surface area contributed by atoms with Gasteiger partial charge in [0.2, 0.25) is 0 Å². The van der Waals surface area contributed by atoms with Crippen molar-refractivity contribution in [3.05, 3.63) is 36.2 Å². The zero-order valence-corrected chi connectivity index (χ0v) is 7.32. The van der Waals surface area contributed by atoms with Gasteiger partial charge in [0, 0.05) is 5.56 Å². The van der Waals surface area contributed by atoms with E-state index in [-0.39, 0.29) is 0 Å². The van der Waals surface area contributed by atoms with Crippen molar-refractivity contribution in [2.45, 2.75) is 6.92 Å². The Bertz CT molecular complexity index is 407. The molecule has 2 aromatic heterocycles. The Kier molecular flexibility index (Phi) is 1.77. The maximum absolute atomic E-state index is 5.54. The first-order valence-corrected chi connectivity index (χ1v) is 4.04. The molecule has 0 unspecified atom stereocenters. The third kappa shape index (κ3) is 1.40. The number of furan rings is 1. The highest BCUT2D eigenvalue weighted by Crippen LogP contribution is 2.22. The molecule has 0 aliphatic carbocycles. The van der Waals surface area contributed by atoms with E-state index in [0.717, 1.165) is 17.0 Å². The van der Waals surface area contributed by atoms with Gasteiger partial charge in [0.1, 0.15) is 11.6 Å². The standard InChI is InChI=1S/C10H10N2O/c1-7-8(4-5-10(11)12-7)9-3-2-6-13-9/h2-6H,1H3,(H2,11,12). The first kappa shape index (κ1) is 7.86. The molecule has 0 spiro atoms. The molecule has 0 saturated carbocycles. The molecule has 2 heterocycles. The first-order valence-electron chi connectivity index (χ1n) is 4.04. The summed E-state index contributed by atoms with van der Waals surface area (Å²) >= 11 is 0. The van der Waals surface area contributed by atoms with Crippen molar-refractivity contribution in [1.29, 1.82) is 0 Å². The lowest BCUT2D eigenvalue weighted by molar-refractivity contribution is 0.581. The van der Waals surface area contributed by atoms with Crippen molar-refractivity contribution in [3.8, 4) is 11.3 Å². The van der Waals surface area contributed by atoms with Crippen LogP contribution in [0.25, 0.3) is 11.3 Å². The molecule has 0 aliphatic heterocycles. The number of anilines is 1. The third-order valence-electron chi connectivity index (χ3n) is 1.89. The molecular formula is C10H10N2O. The van der Waals surface area contributed by atoms with Crippen molar-refractivity contribution in [2.24, 2.45) is 0 Å². The van der Waals surface area contributed by atoms with Gasteiger partial charge < -0.3 is 10.2 Å². The van der Waals surface area contributed by atoms with Gasteiger partial charge in [-0.2, -0.15) is 0 Å². The fourth-order valence-corrected chi connectivity index (χ4v) is 1.27. The maximum Gasteiger partial charge on any atom is 0.135 e. The van der Waals surface area contributed by atoms with Crippen LogP contribution < -0.4 is 5.73 Å². The number of nitrogen functional groups attached to an aromatic ring is 1. The zero-order chi connectivity index (χ0) is 9.26. The Morgan fingerprint density at radius 3 is 2.77 bits per heavy atom. The summed E-state index contributed by atoms with van der Waals surface area (Å²) in [5.41, 5.74) is 7.41. The summed E-state index contributed by atoms with van der Waals surface area (Å²) in [6, 6.07) is 7.44. The summed E-state index contributed by atoms with van der Waals surface area (Å²) in [5, 5.41) is 0. The van der Waals surface area contributed by atoms with Gasteiger partial charge in [-0.3, -0.25) is 0 Å². The van der Waals surface area contributed by atoms with Gasteiger partial charge in [-0.15, -0.1) is 0 Å². The highest BCUT2D eigenvalue weighted by atomic mass is 16.3. The number of aryl methyl sites for hydroxylation is 1. The molecule has 0 aromatic carbocycles. The summed E-state index contributed by atoms with van der Waals surface area (Å²) in [7, 11) is 0. The van der Waals surface area contributed by atoms with Crippen LogP contribution in [0.15, 0.2) is 34.9 Å². The number of rotatable bonds is 1. The summed E-state index contributed by atoms with van der Waals surface area (Å²) in [5.74, 6) is 1.36. The minimum atomic E-state index is 0.535. The number of pyridine rings is 1. The van der Waals surface area contributed by atoms with Crippen LogP contribution in [0.2, 0.25) is 0 Å². The Hall–Kier alpha value is -1.77. The lowest BCUT2D eigenvalue weighted by Crippen LogP contribution is -1.93. The SMILES string of the molecule is Cc1nc(N)ccc1-c1ccco1. The van der Waals surface area contributed by atoms with E-state index in [4.69, 9.17) is 10.2 Å². The molecular weight excluding hydrogens is 164 g/mol. The second kappa shape index (κ2) is 2.94. The van der Waals surface area contributed by atoms with Crippen LogP contribution in [-0.4, -0.2) is 4.98 Å². The summed E-state index contributed by atoms with van der Waals surface area (Å²) in [6.07, 6.45) is 1.64. The highest BCUT2D eigenvalue weighted by molar-refractivity contribution is 5.61. The molecule has 0 atom stereocenters. The quantitative estimate of drug-likeness (QED) is 0.721. The fraction of sp³-hybridized carbons (Fsp3) is 0.100. The van der Waals surface area contributed by atoms with E-state index in [2.05, 4.69) is 4.98 Å². The highest BCUT2D eigenvalue weighted by Gasteiger charge is 2.04. The normalized spacial score (nSPS) is 10.2. The van der Waals surface area contributed by atoms with Gasteiger partial charge >= 0.3 is 0 Å². The largest absolute Gasteiger partial charge is 0.464 e. The van der Waals surface area contributed by atoms with Crippen LogP contribution in [0.3, 0.4) is 0 Å². The minimum Gasteiger partial charge on any atom is -0.464 e. The average Bonchev–Trinajstić information content (AvgIpc) is 2.56. The topological polar surface area (TPSA) is 52.0 Å². The Morgan fingerprint density at radius 2 is 2.15 bits per heavy atom. The Morgan fingerprint density at radius 1 is 1.31 bits per heavy atom. The van der Waals surface area contributed by atoms with Crippen molar-refractivity contribution >= 4 is 5.82 Å². The molecule has 13 heavy (non-hydrogen) atoms. The van der Waals surface area contributed by atoms with E-state index in [1.54, 1.807) is 12.3 Å². The van der Waals surface area contributed by atoms with E-state index in [1.807, 2.05) is 25.1 Å². The summed E-state index contributed by atoms with van der Waals surface area (Å²) in [4.78, 5) is 4.15. The first-order chi connectivity index (χ1) is 6.27. The van der Waals surface area contributed by atoms with Crippen LogP contribution in [-0.2, 0) is 0 Å². The molecule has 3 heteroatoms. The average molecular weight is 174 g/mol. The molecule has 0 radical (unpaired) electrons. The fourth-order valence-electron chi connectivity index (χ4n) is 1.27. The predicted octanol–water partition coefficient (Wildman–Crippen LogP) is 2.23. The molecule has 66 valence electrons. The monoisotopic (exact) mass is 174 g/mol. The van der Waals surface area contributed by atoms with Gasteiger partial charge in [-0.1, -0.05) is 0 Å². The van der Waals surface area contributed by atoms with Crippen LogP contribution in [0, 0.1) is 6.92 Å². The van der Waals surface area contributed by atoms with Crippen molar-refractivity contribution < 1.29 is 4.42 Å². The van der Waals surface area contributed by atoms with Crippen LogP contribution in [0.4, 0.5) is 5.82 Å². The number of nitrogens with two attached hydrogens (primary N) is 1. The predicted molar refractivity (Wildman–Crippen MR) is 51.1 cm³/mol. The van der Waals surface area contributed by atoms with E-state index in [0.29, 0.717) is 5.82 Å². The maximum atomic E-state index is 5.54. The van der Waals surface area contributed by atoms with Crippen molar-refractivity contribution in [2.75, 3.05) is 5.73 Å². The Balaban J connectivity index is 2.53. The zero-order valence-electron chi connectivity index (χ0n) is 7.32. The lowest BCUT2D eigenvalue weighted by Gasteiger charge is -2.01. The molecule has 0 aliphatic rings. The second-order valence-electron chi connectivity index (χ2n) is 2.85. The van der Waals surface area contributed by atoms with Crippen LogP contribution in [0.1, 0.15) is 5.69 Å². The Labute approximate surface area is 76.2 Å². The molecule has 0 amide bonds. The number of aromatic nitrogens is 1. The van der Waals surface area contributed by atoms with Gasteiger partial charge in [0.25, 0.3) is 0 Å². The molecule has 0 fully saturated rings. The smallest absolute Gasteiger partial charge is 0.135 e. The van der Waals surface area contributed by atoms with Crippen LogP contribution in [0.5, 0.6) is 0 Å². The van der Waals surface area contributed by atoms with E-state index in [1.165, 1.54) is 0 Å². The number of hydrogen-bond donors (Lipinski definition) is 1. The van der Waals surface area contributed by atoms with Crippen LogP contribution >= 0.6 is 0 Å². The van der Waals surface area contributed by atoms with Gasteiger partial charge in [-0.25, -0.2) is 4.98 Å². The molecule has 2 aromatic rings. The van der Waals surface area contributed by atoms with E-state index >= 15 is 0 Å². The molecule has 2 rings (SSSR count).